The molecule has 30 heavy (non-hydrogen) atoms. The second-order valence-electron chi connectivity index (χ2n) is 6.32. The van der Waals surface area contributed by atoms with Gasteiger partial charge in [-0.3, -0.25) is 4.79 Å². The van der Waals surface area contributed by atoms with E-state index in [4.69, 9.17) is 16.6 Å². The molecule has 9 heteroatoms. The molecule has 0 aliphatic heterocycles. The van der Waals surface area contributed by atoms with Crippen molar-refractivity contribution in [2.24, 2.45) is 5.10 Å². The van der Waals surface area contributed by atoms with Crippen LogP contribution in [-0.2, 0) is 11.3 Å². The predicted octanol–water partition coefficient (Wildman–Crippen LogP) is 5.80. The van der Waals surface area contributed by atoms with E-state index in [9.17, 15) is 4.79 Å². The predicted molar refractivity (Wildman–Crippen MR) is 129 cm³/mol. The molecule has 0 atom stereocenters. The minimum absolute atomic E-state index is 0.183. The summed E-state index contributed by atoms with van der Waals surface area (Å²) >= 11 is 12.3. The zero-order chi connectivity index (χ0) is 20.9. The number of thioether (sulfide) groups is 1. The van der Waals surface area contributed by atoms with E-state index < -0.39 is 0 Å². The number of hydrogen-bond donors (Lipinski definition) is 1. The lowest BCUT2D eigenvalue weighted by Crippen LogP contribution is -2.20. The molecule has 0 aliphatic carbocycles. The fourth-order valence-corrected chi connectivity index (χ4v) is 5.04. The molecule has 0 spiro atoms. The molecule has 4 rings (SSSR count). The van der Waals surface area contributed by atoms with Gasteiger partial charge in [0.05, 0.1) is 33.3 Å². The summed E-state index contributed by atoms with van der Waals surface area (Å²) in [5.74, 6) is 0.0343. The van der Waals surface area contributed by atoms with Crippen molar-refractivity contribution in [1.29, 1.82) is 0 Å². The van der Waals surface area contributed by atoms with Crippen molar-refractivity contribution in [2.45, 2.75) is 11.7 Å². The van der Waals surface area contributed by atoms with Crippen molar-refractivity contribution in [3.8, 4) is 0 Å². The van der Waals surface area contributed by atoms with Crippen LogP contribution in [0.4, 0.5) is 0 Å². The average Bonchev–Trinajstić information content (AvgIpc) is 3.31. The highest BCUT2D eigenvalue weighted by Gasteiger charge is 2.13. The fourth-order valence-electron chi connectivity index (χ4n) is 2.82. The van der Waals surface area contributed by atoms with Crippen molar-refractivity contribution in [2.75, 3.05) is 5.75 Å². The van der Waals surface area contributed by atoms with Crippen LogP contribution in [0.5, 0.6) is 0 Å². The molecule has 0 saturated heterocycles. The molecular weight excluding hydrogens is 504 g/mol. The minimum atomic E-state index is -0.183. The van der Waals surface area contributed by atoms with Gasteiger partial charge in [0.1, 0.15) is 0 Å². The molecule has 2 heterocycles. The highest BCUT2D eigenvalue weighted by Crippen LogP contribution is 2.25. The molecule has 0 saturated carbocycles. The van der Waals surface area contributed by atoms with Gasteiger partial charge in [-0.2, -0.15) is 5.10 Å². The van der Waals surface area contributed by atoms with E-state index in [2.05, 4.69) is 31.0 Å². The van der Waals surface area contributed by atoms with Gasteiger partial charge in [-0.15, -0.1) is 11.3 Å². The summed E-state index contributed by atoms with van der Waals surface area (Å²) in [6, 6.07) is 19.6. The molecule has 152 valence electrons. The number of nitrogens with zero attached hydrogens (tertiary/aromatic N) is 3. The molecule has 0 fully saturated rings. The molecule has 2 aromatic heterocycles. The average molecular weight is 520 g/mol. The van der Waals surface area contributed by atoms with Gasteiger partial charge in [0.25, 0.3) is 5.91 Å². The highest BCUT2D eigenvalue weighted by atomic mass is 79.9. The maximum atomic E-state index is 12.2. The smallest absolute Gasteiger partial charge is 0.250 e. The van der Waals surface area contributed by atoms with Crippen molar-refractivity contribution < 1.29 is 4.79 Å². The summed E-state index contributed by atoms with van der Waals surface area (Å²) < 4.78 is 3.13. The van der Waals surface area contributed by atoms with Crippen molar-refractivity contribution >= 4 is 73.8 Å². The van der Waals surface area contributed by atoms with Gasteiger partial charge in [0.15, 0.2) is 5.16 Å². The Morgan fingerprint density at radius 3 is 2.77 bits per heavy atom. The zero-order valence-corrected chi connectivity index (χ0v) is 19.6. The summed E-state index contributed by atoms with van der Waals surface area (Å²) in [5.41, 5.74) is 5.60. The number of imidazole rings is 1. The first-order chi connectivity index (χ1) is 14.6. The molecule has 1 N–H and O–H groups in total. The van der Waals surface area contributed by atoms with Crippen LogP contribution in [0.25, 0.3) is 11.0 Å². The van der Waals surface area contributed by atoms with E-state index in [0.717, 1.165) is 30.4 Å². The van der Waals surface area contributed by atoms with Crippen LogP contribution in [0.2, 0.25) is 5.02 Å². The maximum Gasteiger partial charge on any atom is 0.250 e. The topological polar surface area (TPSA) is 59.3 Å². The first kappa shape index (κ1) is 21.1. The van der Waals surface area contributed by atoms with E-state index in [0.29, 0.717) is 11.6 Å². The molecule has 1 amide bonds. The van der Waals surface area contributed by atoms with Gasteiger partial charge in [0, 0.05) is 9.90 Å². The summed E-state index contributed by atoms with van der Waals surface area (Å²) in [6.45, 7) is 0.646. The lowest BCUT2D eigenvalue weighted by atomic mass is 10.2. The first-order valence-corrected chi connectivity index (χ1v) is 12.0. The third-order valence-electron chi connectivity index (χ3n) is 4.18. The number of hydrogen-bond acceptors (Lipinski definition) is 5. The van der Waals surface area contributed by atoms with Gasteiger partial charge >= 0.3 is 0 Å². The monoisotopic (exact) mass is 518 g/mol. The number of para-hydroxylation sites is 2. The Balaban J connectivity index is 1.45. The molecule has 0 bridgehead atoms. The number of amides is 1. The lowest BCUT2D eigenvalue weighted by molar-refractivity contribution is -0.118. The normalized spacial score (nSPS) is 11.4. The molecule has 4 aromatic rings. The fraction of sp³-hybridized carbons (Fsp3) is 0.0952. The number of rotatable bonds is 7. The second kappa shape index (κ2) is 9.78. The molecule has 5 nitrogen and oxygen atoms in total. The van der Waals surface area contributed by atoms with Crippen molar-refractivity contribution in [3.63, 3.8) is 0 Å². The van der Waals surface area contributed by atoms with Crippen LogP contribution < -0.4 is 5.43 Å². The van der Waals surface area contributed by atoms with E-state index in [1.54, 1.807) is 17.6 Å². The number of halogens is 2. The van der Waals surface area contributed by atoms with Crippen LogP contribution in [0.15, 0.2) is 74.7 Å². The number of thiophene rings is 1. The maximum absolute atomic E-state index is 12.2. The number of carbonyl (C=O) groups is 1. The third-order valence-corrected chi connectivity index (χ3v) is 6.97. The Hall–Kier alpha value is -2.13. The highest BCUT2D eigenvalue weighted by molar-refractivity contribution is 9.11. The van der Waals surface area contributed by atoms with E-state index >= 15 is 0 Å². The van der Waals surface area contributed by atoms with Gasteiger partial charge < -0.3 is 4.57 Å². The SMILES string of the molecule is O=C(CSc1nc2ccccc2n1Cc1ccc(Cl)cc1)N/N=C/c1ccc(Br)s1. The number of nitrogens with one attached hydrogen (secondary N) is 1. The second-order valence-corrected chi connectivity index (χ2v) is 10.2. The number of carbonyl (C=O) groups excluding carboxylic acids is 1. The minimum Gasteiger partial charge on any atom is -0.314 e. The number of benzene rings is 2. The van der Waals surface area contributed by atoms with Gasteiger partial charge in [-0.1, -0.05) is 47.6 Å². The molecular formula is C21H16BrClN4OS2. The summed E-state index contributed by atoms with van der Waals surface area (Å²) in [5, 5.41) is 5.51. The number of aromatic nitrogens is 2. The van der Waals surface area contributed by atoms with Crippen LogP contribution in [0.3, 0.4) is 0 Å². The van der Waals surface area contributed by atoms with Crippen LogP contribution >= 0.6 is 50.6 Å². The Morgan fingerprint density at radius 1 is 1.20 bits per heavy atom. The van der Waals surface area contributed by atoms with Crippen molar-refractivity contribution in [3.05, 3.63) is 79.9 Å². The Labute approximate surface area is 195 Å². The summed E-state index contributed by atoms with van der Waals surface area (Å²) in [4.78, 5) is 17.9. The third kappa shape index (κ3) is 5.31. The summed E-state index contributed by atoms with van der Waals surface area (Å²) in [6.07, 6.45) is 1.63. The Kier molecular flexibility index (Phi) is 6.89. The molecule has 0 aliphatic rings. The lowest BCUT2D eigenvalue weighted by Gasteiger charge is -2.09. The largest absolute Gasteiger partial charge is 0.314 e. The zero-order valence-electron chi connectivity index (χ0n) is 15.6. The Bertz CT molecular complexity index is 1200. The molecule has 0 unspecified atom stereocenters. The van der Waals surface area contributed by atoms with Crippen LogP contribution in [-0.4, -0.2) is 27.4 Å². The van der Waals surface area contributed by atoms with Crippen LogP contribution in [0.1, 0.15) is 10.4 Å². The van der Waals surface area contributed by atoms with Crippen LogP contribution in [0, 0.1) is 0 Å². The van der Waals surface area contributed by atoms with E-state index in [1.165, 1.54) is 11.8 Å². The molecule has 0 radical (unpaired) electrons. The first-order valence-electron chi connectivity index (χ1n) is 8.98. The van der Waals surface area contributed by atoms with E-state index in [1.807, 2.05) is 60.7 Å². The number of hydrazone groups is 1. The standard InChI is InChI=1S/C21H16BrClN4OS2/c22-19-10-9-16(30-19)11-24-26-20(28)13-29-21-25-17-3-1-2-4-18(17)27(21)12-14-5-7-15(23)8-6-14/h1-11H,12-13H2,(H,26,28)/b24-11+. The molecule has 2 aromatic carbocycles. The van der Waals surface area contributed by atoms with Gasteiger partial charge in [0.2, 0.25) is 0 Å². The number of fused-ring (bicyclic) bond motifs is 1. The van der Waals surface area contributed by atoms with Crippen molar-refractivity contribution in [1.82, 2.24) is 15.0 Å². The quantitative estimate of drug-likeness (QED) is 0.191. The van der Waals surface area contributed by atoms with E-state index in [-0.39, 0.29) is 11.7 Å². The summed E-state index contributed by atoms with van der Waals surface area (Å²) in [7, 11) is 0. The van der Waals surface area contributed by atoms with Gasteiger partial charge in [-0.25, -0.2) is 10.4 Å². The van der Waals surface area contributed by atoms with Gasteiger partial charge in [-0.05, 0) is 57.9 Å². The Morgan fingerprint density at radius 2 is 2.00 bits per heavy atom.